The molecule has 1 fully saturated rings. The Morgan fingerprint density at radius 2 is 2.00 bits per heavy atom. The predicted octanol–water partition coefficient (Wildman–Crippen LogP) is 2.11. The van der Waals surface area contributed by atoms with Crippen LogP contribution in [0, 0.1) is 6.92 Å². The van der Waals surface area contributed by atoms with Gasteiger partial charge in [0.1, 0.15) is 22.9 Å². The molecule has 1 aliphatic rings. The first kappa shape index (κ1) is 12.0. The van der Waals surface area contributed by atoms with Crippen molar-refractivity contribution in [3.63, 3.8) is 0 Å². The van der Waals surface area contributed by atoms with E-state index in [-0.39, 0.29) is 0 Å². The normalized spacial score (nSPS) is 16.6. The summed E-state index contributed by atoms with van der Waals surface area (Å²) in [5.74, 6) is 1.20. The molecule has 0 atom stereocenters. The van der Waals surface area contributed by atoms with Gasteiger partial charge in [-0.25, -0.2) is 9.55 Å². The first-order valence-corrected chi connectivity index (χ1v) is 7.53. The second-order valence-corrected chi connectivity index (χ2v) is 5.82. The number of benzene rings is 1. The van der Waals surface area contributed by atoms with E-state index in [1.54, 1.807) is 0 Å². The Bertz CT molecular complexity index is 746. The van der Waals surface area contributed by atoms with Crippen molar-refractivity contribution in [3.05, 3.63) is 36.2 Å². The Kier molecular flexibility index (Phi) is 2.77. The summed E-state index contributed by atoms with van der Waals surface area (Å²) in [5, 5.41) is 0. The maximum Gasteiger partial charge on any atom is 0.367 e. The number of nitrogens with zero attached hydrogens (tertiary/aromatic N) is 3. The van der Waals surface area contributed by atoms with E-state index in [0.29, 0.717) is 0 Å². The fraction of sp³-hybridized carbons (Fsp3) is 0.438. The Morgan fingerprint density at radius 3 is 2.85 bits per heavy atom. The number of para-hydroxylation sites is 2. The number of aromatic amines is 1. The number of rotatable bonds is 3. The summed E-state index contributed by atoms with van der Waals surface area (Å²) >= 11 is 0. The third-order valence-electron chi connectivity index (χ3n) is 4.39. The third kappa shape index (κ3) is 1.83. The highest BCUT2D eigenvalue weighted by Crippen LogP contribution is 2.15. The van der Waals surface area contributed by atoms with Crippen molar-refractivity contribution in [2.24, 2.45) is 0 Å². The lowest BCUT2D eigenvalue weighted by Crippen LogP contribution is -2.40. The van der Waals surface area contributed by atoms with Crippen LogP contribution in [0.2, 0.25) is 0 Å². The molecule has 104 valence electrons. The molecule has 4 nitrogen and oxygen atoms in total. The second-order valence-electron chi connectivity index (χ2n) is 5.82. The van der Waals surface area contributed by atoms with Gasteiger partial charge in [0.05, 0.1) is 6.54 Å². The molecule has 1 saturated heterocycles. The smallest absolute Gasteiger partial charge is 0.300 e. The van der Waals surface area contributed by atoms with Crippen molar-refractivity contribution in [2.75, 3.05) is 19.6 Å². The van der Waals surface area contributed by atoms with Gasteiger partial charge in [-0.1, -0.05) is 12.1 Å². The van der Waals surface area contributed by atoms with Gasteiger partial charge in [-0.05, 0) is 45.0 Å². The summed E-state index contributed by atoms with van der Waals surface area (Å²) in [4.78, 5) is 6.07. The van der Waals surface area contributed by atoms with Gasteiger partial charge in [0.15, 0.2) is 0 Å². The summed E-state index contributed by atoms with van der Waals surface area (Å²) < 4.78 is 4.69. The number of hydrogen-bond acceptors (Lipinski definition) is 1. The maximum atomic E-state index is 3.50. The average Bonchev–Trinajstić information content (AvgIpc) is 3.13. The number of likely N-dealkylation sites (tertiary alicyclic amines) is 1. The van der Waals surface area contributed by atoms with Crippen LogP contribution < -0.4 is 4.57 Å². The van der Waals surface area contributed by atoms with Crippen LogP contribution in [0.25, 0.3) is 16.8 Å². The van der Waals surface area contributed by atoms with Crippen LogP contribution >= 0.6 is 0 Å². The van der Waals surface area contributed by atoms with Crippen LogP contribution in [-0.2, 0) is 6.54 Å². The Balaban J connectivity index is 1.77. The number of hydrogen-bond donors (Lipinski definition) is 1. The van der Waals surface area contributed by atoms with Crippen molar-refractivity contribution in [3.8, 4) is 0 Å². The maximum absolute atomic E-state index is 3.50. The Hall–Kier alpha value is -1.81. The van der Waals surface area contributed by atoms with Crippen LogP contribution in [0.4, 0.5) is 0 Å². The van der Waals surface area contributed by atoms with Gasteiger partial charge in [-0.2, -0.15) is 4.40 Å². The molecule has 3 aromatic rings. The van der Waals surface area contributed by atoms with Crippen LogP contribution in [0.15, 0.2) is 30.5 Å². The lowest BCUT2D eigenvalue weighted by atomic mass is 10.3. The van der Waals surface area contributed by atoms with E-state index in [1.165, 1.54) is 48.4 Å². The first-order valence-electron chi connectivity index (χ1n) is 7.53. The molecule has 0 saturated carbocycles. The molecule has 0 spiro atoms. The van der Waals surface area contributed by atoms with Gasteiger partial charge >= 0.3 is 5.78 Å². The quantitative estimate of drug-likeness (QED) is 0.725. The fourth-order valence-corrected chi connectivity index (χ4v) is 3.39. The third-order valence-corrected chi connectivity index (χ3v) is 4.39. The van der Waals surface area contributed by atoms with E-state index in [9.17, 15) is 0 Å². The molecule has 20 heavy (non-hydrogen) atoms. The van der Waals surface area contributed by atoms with Crippen molar-refractivity contribution in [1.82, 2.24) is 14.3 Å². The summed E-state index contributed by atoms with van der Waals surface area (Å²) in [6.07, 6.45) is 4.90. The van der Waals surface area contributed by atoms with E-state index in [4.69, 9.17) is 0 Å². The van der Waals surface area contributed by atoms with Crippen LogP contribution in [0.5, 0.6) is 0 Å². The zero-order chi connectivity index (χ0) is 13.5. The van der Waals surface area contributed by atoms with Crippen LogP contribution in [0.1, 0.15) is 18.5 Å². The largest absolute Gasteiger partial charge is 0.367 e. The van der Waals surface area contributed by atoms with E-state index in [0.717, 1.165) is 13.1 Å². The van der Waals surface area contributed by atoms with E-state index < -0.39 is 0 Å². The molecule has 2 aromatic heterocycles. The lowest BCUT2D eigenvalue weighted by Gasteiger charge is -2.13. The number of aromatic nitrogens is 3. The Morgan fingerprint density at radius 1 is 1.20 bits per heavy atom. The number of H-pyrrole nitrogens is 1. The molecule has 3 heterocycles. The zero-order valence-electron chi connectivity index (χ0n) is 12.0. The zero-order valence-corrected chi connectivity index (χ0v) is 12.0. The number of imidazole rings is 2. The second kappa shape index (κ2) is 4.63. The standard InChI is InChI=1S/C16H20N4/c1-13-12-20-15-7-3-2-6-14(15)19(16(20)17-13)11-10-18-8-4-5-9-18/h2-3,6-7,12H,4-5,8-11H2,1H3/p+1. The Labute approximate surface area is 118 Å². The molecule has 0 aliphatic carbocycles. The van der Waals surface area contributed by atoms with E-state index in [2.05, 4.69) is 56.2 Å². The molecule has 4 heteroatoms. The summed E-state index contributed by atoms with van der Waals surface area (Å²) in [5.41, 5.74) is 3.81. The topological polar surface area (TPSA) is 27.3 Å². The summed E-state index contributed by atoms with van der Waals surface area (Å²) in [6.45, 7) is 6.84. The highest BCUT2D eigenvalue weighted by atomic mass is 15.2. The SMILES string of the molecule is Cc1cn2c3ccccc3[n+](CCN3CCCC3)c2[nH]1. The van der Waals surface area contributed by atoms with Gasteiger partial charge in [0, 0.05) is 6.54 Å². The van der Waals surface area contributed by atoms with Gasteiger partial charge in [-0.15, -0.1) is 0 Å². The van der Waals surface area contributed by atoms with Crippen molar-refractivity contribution in [1.29, 1.82) is 0 Å². The molecular weight excluding hydrogens is 248 g/mol. The van der Waals surface area contributed by atoms with Gasteiger partial charge in [0.2, 0.25) is 0 Å². The summed E-state index contributed by atoms with van der Waals surface area (Å²) in [7, 11) is 0. The van der Waals surface area contributed by atoms with Crippen molar-refractivity contribution >= 4 is 16.8 Å². The number of nitrogens with one attached hydrogen (secondary N) is 1. The van der Waals surface area contributed by atoms with Gasteiger partial charge in [-0.3, -0.25) is 0 Å². The molecule has 0 unspecified atom stereocenters. The predicted molar refractivity (Wildman–Crippen MR) is 79.9 cm³/mol. The van der Waals surface area contributed by atoms with Crippen molar-refractivity contribution < 1.29 is 4.57 Å². The molecule has 0 amide bonds. The highest BCUT2D eigenvalue weighted by molar-refractivity contribution is 5.74. The molecule has 4 rings (SSSR count). The lowest BCUT2D eigenvalue weighted by molar-refractivity contribution is -0.647. The molecular formula is C16H21N4+. The summed E-state index contributed by atoms with van der Waals surface area (Å²) in [6, 6.07) is 8.65. The fourth-order valence-electron chi connectivity index (χ4n) is 3.39. The molecule has 0 radical (unpaired) electrons. The number of fused-ring (bicyclic) bond motifs is 3. The molecule has 1 aliphatic heterocycles. The van der Waals surface area contributed by atoms with Crippen molar-refractivity contribution in [2.45, 2.75) is 26.3 Å². The van der Waals surface area contributed by atoms with Crippen LogP contribution in [-0.4, -0.2) is 33.9 Å². The minimum Gasteiger partial charge on any atom is -0.300 e. The molecule has 1 aromatic carbocycles. The highest BCUT2D eigenvalue weighted by Gasteiger charge is 2.20. The minimum atomic E-state index is 1.05. The average molecular weight is 269 g/mol. The monoisotopic (exact) mass is 269 g/mol. The minimum absolute atomic E-state index is 1.05. The van der Waals surface area contributed by atoms with Crippen LogP contribution in [0.3, 0.4) is 0 Å². The van der Waals surface area contributed by atoms with Gasteiger partial charge in [0.25, 0.3) is 0 Å². The molecule has 1 N–H and O–H groups in total. The van der Waals surface area contributed by atoms with Gasteiger partial charge < -0.3 is 4.90 Å². The molecule has 0 bridgehead atoms. The first-order chi connectivity index (χ1) is 9.83. The van der Waals surface area contributed by atoms with E-state index >= 15 is 0 Å². The number of aryl methyl sites for hydroxylation is 1. The van der Waals surface area contributed by atoms with E-state index in [1.807, 2.05) is 0 Å².